The van der Waals surface area contributed by atoms with Crippen LogP contribution in [-0.4, -0.2) is 49.2 Å². The van der Waals surface area contributed by atoms with E-state index in [9.17, 15) is 9.90 Å². The van der Waals surface area contributed by atoms with Crippen molar-refractivity contribution in [3.63, 3.8) is 0 Å². The van der Waals surface area contributed by atoms with Gasteiger partial charge in [0.15, 0.2) is 0 Å². The number of aliphatic hydroxyl groups excluding tert-OH is 1. The lowest BCUT2D eigenvalue weighted by Gasteiger charge is -2.20. The maximum absolute atomic E-state index is 12.2. The van der Waals surface area contributed by atoms with Crippen LogP contribution in [0.4, 0.5) is 5.69 Å². The molecule has 20 heavy (non-hydrogen) atoms. The highest BCUT2D eigenvalue weighted by Crippen LogP contribution is 2.15. The van der Waals surface area contributed by atoms with Crippen LogP contribution >= 0.6 is 0 Å². The number of hydrogen-bond acceptors (Lipinski definition) is 3. The van der Waals surface area contributed by atoms with Crippen LogP contribution in [0.1, 0.15) is 37.0 Å². The Morgan fingerprint density at radius 2 is 1.80 bits per heavy atom. The van der Waals surface area contributed by atoms with E-state index in [0.29, 0.717) is 18.5 Å². The smallest absolute Gasteiger partial charge is 0.253 e. The second-order valence-electron chi connectivity index (χ2n) is 5.33. The van der Waals surface area contributed by atoms with Crippen molar-refractivity contribution in [3.05, 3.63) is 29.8 Å². The number of hydrogen-bond donors (Lipinski definition) is 1. The Balaban J connectivity index is 2.65. The molecule has 0 saturated heterocycles. The summed E-state index contributed by atoms with van der Waals surface area (Å²) in [5.41, 5.74) is 1.81. The molecule has 1 atom stereocenters. The van der Waals surface area contributed by atoms with E-state index in [1.54, 1.807) is 18.9 Å². The zero-order valence-electron chi connectivity index (χ0n) is 13.0. The summed E-state index contributed by atoms with van der Waals surface area (Å²) in [5, 5.41) is 9.26. The zero-order valence-corrected chi connectivity index (χ0v) is 13.0. The first-order chi connectivity index (χ1) is 9.45. The van der Waals surface area contributed by atoms with E-state index < -0.39 is 0 Å². The van der Waals surface area contributed by atoms with Crippen molar-refractivity contribution in [3.8, 4) is 0 Å². The van der Waals surface area contributed by atoms with Gasteiger partial charge in [0.1, 0.15) is 0 Å². The predicted molar refractivity (Wildman–Crippen MR) is 83.3 cm³/mol. The number of amides is 1. The largest absolute Gasteiger partial charge is 0.393 e. The van der Waals surface area contributed by atoms with Gasteiger partial charge >= 0.3 is 0 Å². The van der Waals surface area contributed by atoms with Crippen molar-refractivity contribution in [2.24, 2.45) is 0 Å². The van der Waals surface area contributed by atoms with Crippen LogP contribution in [0, 0.1) is 0 Å². The van der Waals surface area contributed by atoms with E-state index >= 15 is 0 Å². The molecular weight excluding hydrogens is 252 g/mol. The average Bonchev–Trinajstić information content (AvgIpc) is 2.44. The number of anilines is 1. The Labute approximate surface area is 122 Å². The molecule has 1 rings (SSSR count). The maximum atomic E-state index is 12.2. The molecule has 1 unspecified atom stereocenters. The third kappa shape index (κ3) is 4.85. The number of rotatable bonds is 7. The molecule has 112 valence electrons. The van der Waals surface area contributed by atoms with Crippen molar-refractivity contribution < 1.29 is 9.90 Å². The highest BCUT2D eigenvalue weighted by Gasteiger charge is 2.12. The van der Waals surface area contributed by atoms with Crippen molar-refractivity contribution >= 4 is 11.6 Å². The third-order valence-electron chi connectivity index (χ3n) is 3.34. The van der Waals surface area contributed by atoms with Gasteiger partial charge in [0.05, 0.1) is 6.10 Å². The first kappa shape index (κ1) is 16.5. The summed E-state index contributed by atoms with van der Waals surface area (Å²) in [6.07, 6.45) is 1.31. The van der Waals surface area contributed by atoms with Gasteiger partial charge in [-0.15, -0.1) is 0 Å². The Bertz CT molecular complexity index is 415. The van der Waals surface area contributed by atoms with Gasteiger partial charge in [-0.05, 0) is 44.0 Å². The summed E-state index contributed by atoms with van der Waals surface area (Å²) in [7, 11) is 3.82. The highest BCUT2D eigenvalue weighted by molar-refractivity contribution is 5.94. The van der Waals surface area contributed by atoms with Crippen molar-refractivity contribution in [2.75, 3.05) is 32.1 Å². The van der Waals surface area contributed by atoms with Crippen LogP contribution in [-0.2, 0) is 0 Å². The van der Waals surface area contributed by atoms with Gasteiger partial charge in [0.2, 0.25) is 0 Å². The number of carbonyl (C=O) groups excluding carboxylic acids is 1. The molecule has 1 N–H and O–H groups in total. The molecule has 0 radical (unpaired) electrons. The molecule has 0 spiro atoms. The number of carbonyl (C=O) groups is 1. The summed E-state index contributed by atoms with van der Waals surface area (Å²) in [4.78, 5) is 16.0. The quantitative estimate of drug-likeness (QED) is 0.833. The molecule has 0 bridgehead atoms. The predicted octanol–water partition coefficient (Wildman–Crippen LogP) is 2.38. The fourth-order valence-electron chi connectivity index (χ4n) is 2.03. The van der Waals surface area contributed by atoms with E-state index in [4.69, 9.17) is 0 Å². The van der Waals surface area contributed by atoms with Crippen LogP contribution in [0.5, 0.6) is 0 Å². The summed E-state index contributed by atoms with van der Waals surface area (Å²) in [5.74, 6) is -0.00431. The molecule has 1 aromatic rings. The molecule has 4 heteroatoms. The molecule has 1 amide bonds. The molecule has 0 aromatic heterocycles. The third-order valence-corrected chi connectivity index (χ3v) is 3.34. The second kappa shape index (κ2) is 7.90. The van der Waals surface area contributed by atoms with Crippen molar-refractivity contribution in [2.45, 2.75) is 32.8 Å². The summed E-state index contributed by atoms with van der Waals surface area (Å²) in [6, 6.07) is 7.68. The number of nitrogens with zero attached hydrogens (tertiary/aromatic N) is 2. The summed E-state index contributed by atoms with van der Waals surface area (Å²) >= 11 is 0. The van der Waals surface area contributed by atoms with Gasteiger partial charge in [-0.1, -0.05) is 6.92 Å². The standard InChI is InChI=1S/C16H26N2O2/c1-5-11-17(3)15-8-6-14(7-9-15)16(20)18(4)12-10-13(2)19/h6-9,13,19H,5,10-12H2,1-4H3. The fraction of sp³-hybridized carbons (Fsp3) is 0.562. The Hall–Kier alpha value is -1.55. The van der Waals surface area contributed by atoms with E-state index in [-0.39, 0.29) is 12.0 Å². The van der Waals surface area contributed by atoms with E-state index in [2.05, 4.69) is 18.9 Å². The van der Waals surface area contributed by atoms with Crippen LogP contribution < -0.4 is 4.90 Å². The minimum Gasteiger partial charge on any atom is -0.393 e. The molecular formula is C16H26N2O2. The monoisotopic (exact) mass is 278 g/mol. The molecule has 0 saturated carbocycles. The minimum absolute atomic E-state index is 0.00431. The maximum Gasteiger partial charge on any atom is 0.253 e. The van der Waals surface area contributed by atoms with Crippen LogP contribution in [0.25, 0.3) is 0 Å². The Kier molecular flexibility index (Phi) is 6.52. The second-order valence-corrected chi connectivity index (χ2v) is 5.33. The van der Waals surface area contributed by atoms with Crippen LogP contribution in [0.2, 0.25) is 0 Å². The van der Waals surface area contributed by atoms with Gasteiger partial charge in [-0.2, -0.15) is 0 Å². The first-order valence-corrected chi connectivity index (χ1v) is 7.20. The number of aliphatic hydroxyl groups is 1. The zero-order chi connectivity index (χ0) is 15.1. The molecule has 0 aliphatic carbocycles. The SMILES string of the molecule is CCCN(C)c1ccc(C(=O)N(C)CCC(C)O)cc1. The first-order valence-electron chi connectivity index (χ1n) is 7.20. The highest BCUT2D eigenvalue weighted by atomic mass is 16.3. The molecule has 0 aliphatic rings. The Morgan fingerprint density at radius 1 is 1.20 bits per heavy atom. The van der Waals surface area contributed by atoms with Crippen molar-refractivity contribution in [1.29, 1.82) is 0 Å². The molecule has 0 aliphatic heterocycles. The molecule has 0 heterocycles. The summed E-state index contributed by atoms with van der Waals surface area (Å²) < 4.78 is 0. The van der Waals surface area contributed by atoms with Gasteiger partial charge < -0.3 is 14.9 Å². The topological polar surface area (TPSA) is 43.8 Å². The molecule has 1 aromatic carbocycles. The fourth-order valence-corrected chi connectivity index (χ4v) is 2.03. The lowest BCUT2D eigenvalue weighted by Crippen LogP contribution is -2.29. The van der Waals surface area contributed by atoms with Crippen molar-refractivity contribution in [1.82, 2.24) is 4.90 Å². The van der Waals surface area contributed by atoms with Gasteiger partial charge in [-0.3, -0.25) is 4.79 Å². The van der Waals surface area contributed by atoms with Gasteiger partial charge in [-0.25, -0.2) is 0 Å². The van der Waals surface area contributed by atoms with Gasteiger partial charge in [0.25, 0.3) is 5.91 Å². The lowest BCUT2D eigenvalue weighted by atomic mass is 10.1. The summed E-state index contributed by atoms with van der Waals surface area (Å²) in [6.45, 7) is 5.44. The normalized spacial score (nSPS) is 12.1. The van der Waals surface area contributed by atoms with E-state index in [1.807, 2.05) is 24.3 Å². The minimum atomic E-state index is -0.379. The van der Waals surface area contributed by atoms with Gasteiger partial charge in [0, 0.05) is 38.4 Å². The lowest BCUT2D eigenvalue weighted by molar-refractivity contribution is 0.0769. The van der Waals surface area contributed by atoms with Crippen LogP contribution in [0.15, 0.2) is 24.3 Å². The van der Waals surface area contributed by atoms with E-state index in [0.717, 1.165) is 18.7 Å². The van der Waals surface area contributed by atoms with Crippen LogP contribution in [0.3, 0.4) is 0 Å². The van der Waals surface area contributed by atoms with E-state index in [1.165, 1.54) is 0 Å². The Morgan fingerprint density at radius 3 is 2.30 bits per heavy atom. The number of benzene rings is 1. The molecule has 0 fully saturated rings. The molecule has 4 nitrogen and oxygen atoms in total. The average molecular weight is 278 g/mol.